The van der Waals surface area contributed by atoms with Crippen molar-refractivity contribution in [3.8, 4) is 11.4 Å². The average molecular weight is 406 g/mol. The molecule has 0 bridgehead atoms. The standard InChI is InChI=1S/C18H23N4O5P/c1-2-10-22-17(23)14-16(20-15(19-14)13-8-4-3-5-9-13)21(18(22)24)11-6-7-12-28(25,26)27/h3-5,8-9H,2,6-7,10-12H2,1H3,(H,19,20)(H2,25,26,27). The Bertz CT molecular complexity index is 1130. The van der Waals surface area contributed by atoms with Crippen molar-refractivity contribution in [2.45, 2.75) is 39.3 Å². The molecule has 0 spiro atoms. The number of aromatic nitrogens is 4. The van der Waals surface area contributed by atoms with Crippen LogP contribution >= 0.6 is 7.60 Å². The number of benzene rings is 1. The summed E-state index contributed by atoms with van der Waals surface area (Å²) in [5.41, 5.74) is 0.435. The van der Waals surface area contributed by atoms with E-state index < -0.39 is 18.8 Å². The SMILES string of the molecule is CCCn1c(=O)c2[nH]c(-c3ccccc3)nc2n(CCCCP(=O)(O)O)c1=O. The van der Waals surface area contributed by atoms with E-state index in [2.05, 4.69) is 9.97 Å². The van der Waals surface area contributed by atoms with Crippen LogP contribution in [0, 0.1) is 0 Å². The van der Waals surface area contributed by atoms with E-state index in [0.29, 0.717) is 18.7 Å². The van der Waals surface area contributed by atoms with E-state index in [1.165, 1.54) is 9.13 Å². The zero-order chi connectivity index (χ0) is 20.3. The van der Waals surface area contributed by atoms with Crippen LogP contribution in [0.3, 0.4) is 0 Å². The van der Waals surface area contributed by atoms with Gasteiger partial charge in [-0.15, -0.1) is 0 Å². The zero-order valence-electron chi connectivity index (χ0n) is 15.5. The number of aryl methyl sites for hydroxylation is 1. The van der Waals surface area contributed by atoms with Crippen molar-refractivity contribution in [1.29, 1.82) is 0 Å². The van der Waals surface area contributed by atoms with Gasteiger partial charge in [-0.1, -0.05) is 37.3 Å². The van der Waals surface area contributed by atoms with Crippen LogP contribution < -0.4 is 11.2 Å². The van der Waals surface area contributed by atoms with E-state index >= 15 is 0 Å². The number of fused-ring (bicyclic) bond motifs is 1. The quantitative estimate of drug-likeness (QED) is 0.387. The molecule has 3 rings (SSSR count). The molecular formula is C18H23N4O5P. The average Bonchev–Trinajstić information content (AvgIpc) is 3.10. The molecule has 0 radical (unpaired) electrons. The lowest BCUT2D eigenvalue weighted by Gasteiger charge is -2.10. The monoisotopic (exact) mass is 406 g/mol. The Morgan fingerprint density at radius 2 is 1.79 bits per heavy atom. The van der Waals surface area contributed by atoms with E-state index in [1.807, 2.05) is 37.3 Å². The van der Waals surface area contributed by atoms with Crippen LogP contribution in [0.2, 0.25) is 0 Å². The number of nitrogens with one attached hydrogen (secondary N) is 1. The van der Waals surface area contributed by atoms with Crippen molar-refractivity contribution in [3.05, 3.63) is 51.2 Å². The normalized spacial score (nSPS) is 12.0. The molecule has 3 aromatic rings. The van der Waals surface area contributed by atoms with Crippen LogP contribution in [0.4, 0.5) is 0 Å². The predicted octanol–water partition coefficient (Wildman–Crippen LogP) is 1.92. The van der Waals surface area contributed by atoms with E-state index in [4.69, 9.17) is 9.79 Å². The third-order valence-electron chi connectivity index (χ3n) is 4.44. The Balaban J connectivity index is 2.06. The second kappa shape index (κ2) is 8.26. The van der Waals surface area contributed by atoms with E-state index in [0.717, 1.165) is 5.56 Å². The van der Waals surface area contributed by atoms with E-state index in [9.17, 15) is 14.2 Å². The summed E-state index contributed by atoms with van der Waals surface area (Å²) in [6.45, 7) is 2.39. The number of nitrogens with zero attached hydrogens (tertiary/aromatic N) is 3. The summed E-state index contributed by atoms with van der Waals surface area (Å²) >= 11 is 0. The number of imidazole rings is 1. The van der Waals surface area contributed by atoms with Crippen molar-refractivity contribution < 1.29 is 14.4 Å². The summed E-state index contributed by atoms with van der Waals surface area (Å²) in [6, 6.07) is 9.28. The van der Waals surface area contributed by atoms with E-state index in [-0.39, 0.29) is 36.8 Å². The number of hydrogen-bond donors (Lipinski definition) is 3. The summed E-state index contributed by atoms with van der Waals surface area (Å²) in [4.78, 5) is 51.1. The fourth-order valence-corrected chi connectivity index (χ4v) is 3.74. The summed E-state index contributed by atoms with van der Waals surface area (Å²) < 4.78 is 13.6. The zero-order valence-corrected chi connectivity index (χ0v) is 16.4. The first-order chi connectivity index (χ1) is 13.3. The largest absolute Gasteiger partial charge is 0.332 e. The maximum atomic E-state index is 12.8. The fourth-order valence-electron chi connectivity index (χ4n) is 3.11. The molecule has 0 fully saturated rings. The maximum Gasteiger partial charge on any atom is 0.332 e. The minimum absolute atomic E-state index is 0.221. The molecule has 0 unspecified atom stereocenters. The van der Waals surface area contributed by atoms with Gasteiger partial charge < -0.3 is 14.8 Å². The predicted molar refractivity (Wildman–Crippen MR) is 106 cm³/mol. The molecule has 0 aliphatic heterocycles. The summed E-state index contributed by atoms with van der Waals surface area (Å²) in [6.07, 6.45) is 1.03. The molecular weight excluding hydrogens is 383 g/mol. The van der Waals surface area contributed by atoms with Crippen LogP contribution in [-0.2, 0) is 17.7 Å². The second-order valence-electron chi connectivity index (χ2n) is 6.64. The number of unbranched alkanes of at least 4 members (excludes halogenated alkanes) is 1. The Labute approximate surface area is 160 Å². The molecule has 0 aliphatic rings. The smallest absolute Gasteiger partial charge is 0.332 e. The number of rotatable bonds is 8. The number of aromatic amines is 1. The van der Waals surface area contributed by atoms with Crippen molar-refractivity contribution in [1.82, 2.24) is 19.1 Å². The van der Waals surface area contributed by atoms with Gasteiger partial charge in [0.1, 0.15) is 11.3 Å². The lowest BCUT2D eigenvalue weighted by atomic mass is 10.2. The van der Waals surface area contributed by atoms with Crippen LogP contribution in [0.5, 0.6) is 0 Å². The molecule has 0 amide bonds. The number of H-pyrrole nitrogens is 1. The van der Waals surface area contributed by atoms with Gasteiger partial charge in [0.2, 0.25) is 0 Å². The first-order valence-corrected chi connectivity index (χ1v) is 10.9. The molecule has 2 aromatic heterocycles. The molecule has 28 heavy (non-hydrogen) atoms. The summed E-state index contributed by atoms with van der Waals surface area (Å²) in [5, 5.41) is 0. The van der Waals surface area contributed by atoms with Crippen molar-refractivity contribution >= 4 is 18.8 Å². The highest BCUT2D eigenvalue weighted by molar-refractivity contribution is 7.51. The lowest BCUT2D eigenvalue weighted by Crippen LogP contribution is -2.40. The number of hydrogen-bond acceptors (Lipinski definition) is 4. The molecule has 10 heteroatoms. The fraction of sp³-hybridized carbons (Fsp3) is 0.389. The molecule has 9 nitrogen and oxygen atoms in total. The summed E-state index contributed by atoms with van der Waals surface area (Å²) in [7, 11) is -4.08. The van der Waals surface area contributed by atoms with Gasteiger partial charge in [0.15, 0.2) is 5.65 Å². The van der Waals surface area contributed by atoms with Crippen LogP contribution in [-0.4, -0.2) is 35.1 Å². The molecule has 0 atom stereocenters. The highest BCUT2D eigenvalue weighted by Gasteiger charge is 2.18. The molecule has 0 aliphatic carbocycles. The van der Waals surface area contributed by atoms with Gasteiger partial charge in [0, 0.05) is 24.8 Å². The second-order valence-corrected chi connectivity index (χ2v) is 8.41. The van der Waals surface area contributed by atoms with Crippen molar-refractivity contribution in [3.63, 3.8) is 0 Å². The Kier molecular flexibility index (Phi) is 5.98. The topological polar surface area (TPSA) is 130 Å². The van der Waals surface area contributed by atoms with Crippen LogP contribution in [0.1, 0.15) is 26.2 Å². The lowest BCUT2D eigenvalue weighted by molar-refractivity contribution is 0.370. The first kappa shape index (κ1) is 20.3. The van der Waals surface area contributed by atoms with Crippen LogP contribution in [0.15, 0.2) is 39.9 Å². The molecule has 1 aromatic carbocycles. The molecule has 2 heterocycles. The molecule has 0 saturated carbocycles. The van der Waals surface area contributed by atoms with Gasteiger partial charge in [-0.2, -0.15) is 0 Å². The van der Waals surface area contributed by atoms with Gasteiger partial charge >= 0.3 is 13.3 Å². The van der Waals surface area contributed by atoms with Gasteiger partial charge in [0.05, 0.1) is 0 Å². The van der Waals surface area contributed by atoms with Crippen LogP contribution in [0.25, 0.3) is 22.6 Å². The van der Waals surface area contributed by atoms with E-state index in [1.54, 1.807) is 0 Å². The third kappa shape index (κ3) is 4.32. The van der Waals surface area contributed by atoms with Crippen molar-refractivity contribution in [2.75, 3.05) is 6.16 Å². The van der Waals surface area contributed by atoms with Gasteiger partial charge in [-0.25, -0.2) is 9.78 Å². The van der Waals surface area contributed by atoms with Gasteiger partial charge in [-0.3, -0.25) is 18.5 Å². The first-order valence-electron chi connectivity index (χ1n) is 9.15. The Morgan fingerprint density at radius 3 is 2.43 bits per heavy atom. The molecule has 150 valence electrons. The molecule has 3 N–H and O–H groups in total. The van der Waals surface area contributed by atoms with Gasteiger partial charge in [-0.05, 0) is 19.3 Å². The van der Waals surface area contributed by atoms with Crippen molar-refractivity contribution in [2.24, 2.45) is 0 Å². The molecule has 0 saturated heterocycles. The Hall–Kier alpha value is -2.48. The highest BCUT2D eigenvalue weighted by atomic mass is 31.2. The minimum Gasteiger partial charge on any atom is -0.332 e. The minimum atomic E-state index is -4.08. The van der Waals surface area contributed by atoms with Gasteiger partial charge in [0.25, 0.3) is 5.56 Å². The highest BCUT2D eigenvalue weighted by Crippen LogP contribution is 2.35. The summed E-state index contributed by atoms with van der Waals surface area (Å²) in [5.74, 6) is 0.491. The Morgan fingerprint density at radius 1 is 1.07 bits per heavy atom. The third-order valence-corrected chi connectivity index (χ3v) is 5.34. The maximum absolute atomic E-state index is 12.8.